The van der Waals surface area contributed by atoms with Crippen molar-refractivity contribution in [2.75, 3.05) is 5.73 Å². The molecule has 110 valence electrons. The summed E-state index contributed by atoms with van der Waals surface area (Å²) in [5.74, 6) is -3.09. The molecule has 0 spiro atoms. The third-order valence-corrected chi connectivity index (χ3v) is 3.25. The van der Waals surface area contributed by atoms with Crippen molar-refractivity contribution in [3.8, 4) is 0 Å². The van der Waals surface area contributed by atoms with E-state index in [0.717, 1.165) is 12.1 Å². The molecule has 6 heteroatoms. The smallest absolute Gasteiger partial charge is 0.344 e. The number of hydrogen-bond acceptors (Lipinski definition) is 4. The summed E-state index contributed by atoms with van der Waals surface area (Å²) in [6.07, 6.45) is 0.462. The van der Waals surface area contributed by atoms with Crippen LogP contribution in [0.5, 0.6) is 0 Å². The quantitative estimate of drug-likeness (QED) is 0.670. The Hall–Kier alpha value is -1.69. The molecule has 1 fully saturated rings. The summed E-state index contributed by atoms with van der Waals surface area (Å²) in [4.78, 5) is 11.9. The van der Waals surface area contributed by atoms with Gasteiger partial charge in [0.2, 0.25) is 0 Å². The van der Waals surface area contributed by atoms with Gasteiger partial charge in [-0.1, -0.05) is 0 Å². The Kier molecular flexibility index (Phi) is 4.23. The Morgan fingerprint density at radius 1 is 1.30 bits per heavy atom. The Bertz CT molecular complexity index is 511. The highest BCUT2D eigenvalue weighted by atomic mass is 19.1. The van der Waals surface area contributed by atoms with Crippen molar-refractivity contribution < 1.29 is 23.0 Å². The zero-order chi connectivity index (χ0) is 14.9. The van der Waals surface area contributed by atoms with Crippen molar-refractivity contribution in [3.63, 3.8) is 0 Å². The van der Waals surface area contributed by atoms with Crippen molar-refractivity contribution in [3.05, 3.63) is 29.3 Å². The molecule has 20 heavy (non-hydrogen) atoms. The Labute approximate surface area is 115 Å². The van der Waals surface area contributed by atoms with E-state index in [4.69, 9.17) is 15.2 Å². The van der Waals surface area contributed by atoms with Gasteiger partial charge in [0.15, 0.2) is 5.82 Å². The average molecular weight is 285 g/mol. The first-order valence-corrected chi connectivity index (χ1v) is 6.48. The van der Waals surface area contributed by atoms with Crippen LogP contribution in [-0.4, -0.2) is 24.3 Å². The van der Waals surface area contributed by atoms with Crippen molar-refractivity contribution >= 4 is 11.7 Å². The number of benzene rings is 1. The van der Waals surface area contributed by atoms with Gasteiger partial charge >= 0.3 is 5.97 Å². The molecule has 1 aliphatic heterocycles. The standard InChI is InChI=1S/C14H17F2NO3/c1-7-5-9(6-8(2)19-7)20-14(18)12-10(15)3-4-11(17)13(12)16/h3-4,7-9H,5-6,17H2,1-2H3. The summed E-state index contributed by atoms with van der Waals surface area (Å²) in [5, 5.41) is 0. The van der Waals surface area contributed by atoms with Crippen molar-refractivity contribution in [1.29, 1.82) is 0 Å². The summed E-state index contributed by atoms with van der Waals surface area (Å²) in [5.41, 5.74) is 4.31. The molecule has 0 radical (unpaired) electrons. The van der Waals surface area contributed by atoms with Crippen molar-refractivity contribution in [2.24, 2.45) is 0 Å². The third-order valence-electron chi connectivity index (χ3n) is 3.25. The van der Waals surface area contributed by atoms with Crippen LogP contribution < -0.4 is 5.73 Å². The molecular formula is C14H17F2NO3. The van der Waals surface area contributed by atoms with Crippen LogP contribution in [0.15, 0.2) is 12.1 Å². The number of rotatable bonds is 2. The summed E-state index contributed by atoms with van der Waals surface area (Å²) in [6, 6.07) is 2.02. The summed E-state index contributed by atoms with van der Waals surface area (Å²) in [7, 11) is 0. The van der Waals surface area contributed by atoms with E-state index in [0.29, 0.717) is 12.8 Å². The Morgan fingerprint density at radius 2 is 1.90 bits per heavy atom. The van der Waals surface area contributed by atoms with E-state index < -0.39 is 29.3 Å². The van der Waals surface area contributed by atoms with Gasteiger partial charge in [0, 0.05) is 12.8 Å². The van der Waals surface area contributed by atoms with Gasteiger partial charge in [-0.15, -0.1) is 0 Å². The lowest BCUT2D eigenvalue weighted by molar-refractivity contribution is -0.0857. The maximum atomic E-state index is 13.7. The highest BCUT2D eigenvalue weighted by Crippen LogP contribution is 2.25. The van der Waals surface area contributed by atoms with Crippen molar-refractivity contribution in [1.82, 2.24) is 0 Å². The first-order chi connectivity index (χ1) is 9.38. The summed E-state index contributed by atoms with van der Waals surface area (Å²) in [6.45, 7) is 3.72. The molecule has 1 heterocycles. The predicted molar refractivity (Wildman–Crippen MR) is 69.2 cm³/mol. The second-order valence-electron chi connectivity index (χ2n) is 5.08. The summed E-state index contributed by atoms with van der Waals surface area (Å²) < 4.78 is 38.0. The predicted octanol–water partition coefficient (Wildman–Crippen LogP) is 2.66. The normalized spacial score (nSPS) is 26.3. The zero-order valence-corrected chi connectivity index (χ0v) is 11.4. The molecule has 0 saturated carbocycles. The fourth-order valence-corrected chi connectivity index (χ4v) is 2.41. The highest BCUT2D eigenvalue weighted by molar-refractivity contribution is 5.91. The van der Waals surface area contributed by atoms with E-state index in [1.807, 2.05) is 13.8 Å². The molecule has 0 aromatic heterocycles. The van der Waals surface area contributed by atoms with Gasteiger partial charge < -0.3 is 15.2 Å². The van der Waals surface area contributed by atoms with Crippen LogP contribution in [0.1, 0.15) is 37.0 Å². The summed E-state index contributed by atoms with van der Waals surface area (Å²) >= 11 is 0. The lowest BCUT2D eigenvalue weighted by Gasteiger charge is -2.31. The molecule has 2 unspecified atom stereocenters. The minimum atomic E-state index is -1.08. The molecule has 4 nitrogen and oxygen atoms in total. The number of halogens is 2. The van der Waals surface area contributed by atoms with Crippen LogP contribution in [0, 0.1) is 11.6 Å². The molecule has 2 N–H and O–H groups in total. The second kappa shape index (κ2) is 5.75. The maximum Gasteiger partial charge on any atom is 0.344 e. The van der Waals surface area contributed by atoms with E-state index in [1.54, 1.807) is 0 Å². The lowest BCUT2D eigenvalue weighted by atomic mass is 10.0. The number of nitrogen functional groups attached to an aromatic ring is 1. The highest BCUT2D eigenvalue weighted by Gasteiger charge is 2.29. The number of nitrogens with two attached hydrogens (primary N) is 1. The van der Waals surface area contributed by atoms with E-state index in [9.17, 15) is 13.6 Å². The SMILES string of the molecule is CC1CC(OC(=O)c2c(F)ccc(N)c2F)CC(C)O1. The topological polar surface area (TPSA) is 61.5 Å². The third kappa shape index (κ3) is 3.07. The molecule has 0 amide bonds. The number of esters is 1. The zero-order valence-electron chi connectivity index (χ0n) is 11.4. The molecule has 1 aromatic carbocycles. The van der Waals surface area contributed by atoms with Gasteiger partial charge in [-0.3, -0.25) is 0 Å². The van der Waals surface area contributed by atoms with Gasteiger partial charge in [-0.05, 0) is 26.0 Å². The fraction of sp³-hybridized carbons (Fsp3) is 0.500. The van der Waals surface area contributed by atoms with Gasteiger partial charge in [0.05, 0.1) is 17.9 Å². The number of hydrogen-bond donors (Lipinski definition) is 1. The molecule has 2 atom stereocenters. The van der Waals surface area contributed by atoms with E-state index in [1.165, 1.54) is 0 Å². The van der Waals surface area contributed by atoms with Crippen LogP contribution >= 0.6 is 0 Å². The van der Waals surface area contributed by atoms with Gasteiger partial charge in [-0.25, -0.2) is 13.6 Å². The molecule has 0 bridgehead atoms. The van der Waals surface area contributed by atoms with E-state index >= 15 is 0 Å². The first kappa shape index (κ1) is 14.7. The van der Waals surface area contributed by atoms with Crippen LogP contribution in [0.2, 0.25) is 0 Å². The minimum Gasteiger partial charge on any atom is -0.458 e. The number of carbonyl (C=O) groups excluding carboxylic acids is 1. The minimum absolute atomic E-state index is 0.0629. The molecule has 0 aliphatic carbocycles. The molecule has 1 aliphatic rings. The van der Waals surface area contributed by atoms with Gasteiger partial charge in [0.1, 0.15) is 17.5 Å². The number of carbonyl (C=O) groups is 1. The lowest BCUT2D eigenvalue weighted by Crippen LogP contribution is -2.35. The van der Waals surface area contributed by atoms with Crippen LogP contribution in [-0.2, 0) is 9.47 Å². The Balaban J connectivity index is 2.14. The van der Waals surface area contributed by atoms with Gasteiger partial charge in [-0.2, -0.15) is 0 Å². The first-order valence-electron chi connectivity index (χ1n) is 6.48. The number of anilines is 1. The molecule has 1 aromatic rings. The number of ether oxygens (including phenoxy) is 2. The monoisotopic (exact) mass is 285 g/mol. The molecule has 2 rings (SSSR count). The van der Waals surface area contributed by atoms with Crippen LogP contribution in [0.25, 0.3) is 0 Å². The fourth-order valence-electron chi connectivity index (χ4n) is 2.41. The van der Waals surface area contributed by atoms with Gasteiger partial charge in [0.25, 0.3) is 0 Å². The van der Waals surface area contributed by atoms with E-state index in [-0.39, 0.29) is 17.9 Å². The second-order valence-corrected chi connectivity index (χ2v) is 5.08. The van der Waals surface area contributed by atoms with Crippen LogP contribution in [0.3, 0.4) is 0 Å². The Morgan fingerprint density at radius 3 is 2.50 bits per heavy atom. The largest absolute Gasteiger partial charge is 0.458 e. The van der Waals surface area contributed by atoms with E-state index in [2.05, 4.69) is 0 Å². The molecular weight excluding hydrogens is 268 g/mol. The maximum absolute atomic E-state index is 13.7. The average Bonchev–Trinajstić information content (AvgIpc) is 2.33. The van der Waals surface area contributed by atoms with Crippen molar-refractivity contribution in [2.45, 2.75) is 45.0 Å². The van der Waals surface area contributed by atoms with Crippen LogP contribution in [0.4, 0.5) is 14.5 Å². The molecule has 1 saturated heterocycles.